The highest BCUT2D eigenvalue weighted by Gasteiger charge is 2.05. The first-order chi connectivity index (χ1) is 8.86. The van der Waals surface area contributed by atoms with Gasteiger partial charge in [-0.1, -0.05) is 37.3 Å². The molecule has 0 amide bonds. The quantitative estimate of drug-likeness (QED) is 0.685. The van der Waals surface area contributed by atoms with E-state index in [1.165, 1.54) is 31.2 Å². The van der Waals surface area contributed by atoms with Crippen molar-refractivity contribution in [3.8, 4) is 11.8 Å². The summed E-state index contributed by atoms with van der Waals surface area (Å²) in [7, 11) is 0. The predicted octanol–water partition coefficient (Wildman–Crippen LogP) is 3.79. The van der Waals surface area contributed by atoms with E-state index in [4.69, 9.17) is 0 Å². The number of rotatable bonds is 8. The summed E-state index contributed by atoms with van der Waals surface area (Å²) in [5.74, 6) is 6.12. The van der Waals surface area contributed by atoms with Gasteiger partial charge in [0, 0.05) is 12.5 Å². The van der Waals surface area contributed by atoms with E-state index in [9.17, 15) is 0 Å². The fourth-order valence-electron chi connectivity index (χ4n) is 2.21. The van der Waals surface area contributed by atoms with Crippen LogP contribution in [0.25, 0.3) is 0 Å². The first kappa shape index (κ1) is 14.8. The smallest absolute Gasteiger partial charge is 0.0103 e. The van der Waals surface area contributed by atoms with Crippen molar-refractivity contribution in [2.45, 2.75) is 52.0 Å². The Morgan fingerprint density at radius 3 is 2.61 bits per heavy atom. The summed E-state index contributed by atoms with van der Waals surface area (Å²) in [6, 6.07) is 11.4. The van der Waals surface area contributed by atoms with E-state index in [2.05, 4.69) is 54.4 Å². The van der Waals surface area contributed by atoms with Crippen molar-refractivity contribution in [1.82, 2.24) is 5.32 Å². The molecule has 0 saturated heterocycles. The average Bonchev–Trinajstić information content (AvgIpc) is 2.40. The van der Waals surface area contributed by atoms with Gasteiger partial charge in [0.2, 0.25) is 0 Å². The zero-order chi connectivity index (χ0) is 13.1. The maximum atomic E-state index is 3.56. The van der Waals surface area contributed by atoms with Crippen molar-refractivity contribution in [3.05, 3.63) is 35.9 Å². The summed E-state index contributed by atoms with van der Waals surface area (Å²) in [6.45, 7) is 5.14. The molecular formula is C17H25N. The Bertz CT molecular complexity index is 358. The maximum absolute atomic E-state index is 3.56. The van der Waals surface area contributed by atoms with E-state index >= 15 is 0 Å². The van der Waals surface area contributed by atoms with Crippen LogP contribution in [-0.4, -0.2) is 12.6 Å². The highest BCUT2D eigenvalue weighted by Crippen LogP contribution is 2.09. The Morgan fingerprint density at radius 2 is 1.94 bits per heavy atom. The number of aryl methyl sites for hydroxylation is 1. The van der Waals surface area contributed by atoms with Crippen molar-refractivity contribution in [2.24, 2.45) is 0 Å². The molecule has 98 valence electrons. The minimum absolute atomic E-state index is 0.625. The fraction of sp³-hybridized carbons (Fsp3) is 0.529. The third-order valence-electron chi connectivity index (χ3n) is 3.15. The van der Waals surface area contributed by atoms with E-state index in [-0.39, 0.29) is 0 Å². The number of nitrogens with one attached hydrogen (secondary N) is 1. The van der Waals surface area contributed by atoms with Gasteiger partial charge in [0.05, 0.1) is 0 Å². The Hall–Kier alpha value is -1.26. The molecule has 0 spiro atoms. The van der Waals surface area contributed by atoms with Gasteiger partial charge >= 0.3 is 0 Å². The van der Waals surface area contributed by atoms with Crippen LogP contribution in [-0.2, 0) is 6.42 Å². The molecule has 1 nitrogen and oxygen atoms in total. The van der Waals surface area contributed by atoms with Gasteiger partial charge in [-0.25, -0.2) is 0 Å². The molecule has 0 aliphatic carbocycles. The van der Waals surface area contributed by atoms with Gasteiger partial charge in [-0.05, 0) is 44.7 Å². The summed E-state index contributed by atoms with van der Waals surface area (Å²) in [5, 5.41) is 3.56. The van der Waals surface area contributed by atoms with Crippen LogP contribution in [0.5, 0.6) is 0 Å². The first-order valence-electron chi connectivity index (χ1n) is 7.03. The van der Waals surface area contributed by atoms with Crippen LogP contribution in [0.15, 0.2) is 30.3 Å². The largest absolute Gasteiger partial charge is 0.314 e. The van der Waals surface area contributed by atoms with E-state index in [0.29, 0.717) is 6.04 Å². The van der Waals surface area contributed by atoms with Crippen LogP contribution in [0.4, 0.5) is 0 Å². The second-order valence-corrected chi connectivity index (χ2v) is 4.60. The van der Waals surface area contributed by atoms with Crippen molar-refractivity contribution >= 4 is 0 Å². The molecule has 1 aromatic carbocycles. The molecule has 1 rings (SSSR count). The standard InChI is InChI=1S/C17H25N/c1-3-5-7-14-17(18-4-2)15-10-13-16-11-8-6-9-12-16/h6,8-9,11-12,17-18H,4,7,10,13-15H2,1-2H3. The van der Waals surface area contributed by atoms with Crippen LogP contribution >= 0.6 is 0 Å². The van der Waals surface area contributed by atoms with E-state index in [1.54, 1.807) is 0 Å². The van der Waals surface area contributed by atoms with Gasteiger partial charge in [0.25, 0.3) is 0 Å². The third-order valence-corrected chi connectivity index (χ3v) is 3.15. The van der Waals surface area contributed by atoms with Crippen molar-refractivity contribution in [2.75, 3.05) is 6.54 Å². The molecule has 18 heavy (non-hydrogen) atoms. The van der Waals surface area contributed by atoms with Gasteiger partial charge in [0.1, 0.15) is 0 Å². The van der Waals surface area contributed by atoms with Crippen LogP contribution in [0.2, 0.25) is 0 Å². The zero-order valence-corrected chi connectivity index (χ0v) is 11.7. The van der Waals surface area contributed by atoms with Crippen LogP contribution < -0.4 is 5.32 Å². The third kappa shape index (κ3) is 6.47. The zero-order valence-electron chi connectivity index (χ0n) is 11.7. The summed E-state index contributed by atoms with van der Waals surface area (Å²) >= 11 is 0. The fourth-order valence-corrected chi connectivity index (χ4v) is 2.21. The lowest BCUT2D eigenvalue weighted by Crippen LogP contribution is -2.28. The average molecular weight is 243 g/mol. The van der Waals surface area contributed by atoms with Crippen molar-refractivity contribution in [3.63, 3.8) is 0 Å². The minimum atomic E-state index is 0.625. The highest BCUT2D eigenvalue weighted by atomic mass is 14.9. The van der Waals surface area contributed by atoms with Crippen LogP contribution in [0.1, 0.15) is 45.1 Å². The summed E-state index contributed by atoms with van der Waals surface area (Å²) in [4.78, 5) is 0. The van der Waals surface area contributed by atoms with Crippen LogP contribution in [0, 0.1) is 11.8 Å². The molecule has 0 radical (unpaired) electrons. The topological polar surface area (TPSA) is 12.0 Å². The predicted molar refractivity (Wildman–Crippen MR) is 79.5 cm³/mol. The Kier molecular flexibility index (Phi) is 8.01. The molecule has 0 aliphatic heterocycles. The highest BCUT2D eigenvalue weighted by molar-refractivity contribution is 5.14. The molecule has 0 bridgehead atoms. The summed E-state index contributed by atoms with van der Waals surface area (Å²) in [5.41, 5.74) is 1.45. The van der Waals surface area contributed by atoms with Crippen molar-refractivity contribution in [1.29, 1.82) is 0 Å². The second-order valence-electron chi connectivity index (χ2n) is 4.60. The van der Waals surface area contributed by atoms with Crippen LogP contribution in [0.3, 0.4) is 0 Å². The monoisotopic (exact) mass is 243 g/mol. The molecule has 0 aromatic heterocycles. The molecule has 0 aliphatic rings. The van der Waals surface area contributed by atoms with Gasteiger partial charge in [-0.2, -0.15) is 0 Å². The Labute approximate surface area is 112 Å². The molecule has 0 fully saturated rings. The minimum Gasteiger partial charge on any atom is -0.314 e. The number of hydrogen-bond acceptors (Lipinski definition) is 1. The van der Waals surface area contributed by atoms with E-state index in [1.807, 2.05) is 6.92 Å². The van der Waals surface area contributed by atoms with E-state index in [0.717, 1.165) is 13.0 Å². The molecular weight excluding hydrogens is 218 g/mol. The summed E-state index contributed by atoms with van der Waals surface area (Å²) < 4.78 is 0. The van der Waals surface area contributed by atoms with Gasteiger partial charge in [-0.3, -0.25) is 0 Å². The molecule has 0 heterocycles. The number of benzene rings is 1. The van der Waals surface area contributed by atoms with E-state index < -0.39 is 0 Å². The molecule has 1 aromatic rings. The van der Waals surface area contributed by atoms with Gasteiger partial charge < -0.3 is 5.32 Å². The second kappa shape index (κ2) is 9.74. The van der Waals surface area contributed by atoms with Gasteiger partial charge in [0.15, 0.2) is 0 Å². The molecule has 1 N–H and O–H groups in total. The van der Waals surface area contributed by atoms with Crippen molar-refractivity contribution < 1.29 is 0 Å². The van der Waals surface area contributed by atoms with Gasteiger partial charge in [-0.15, -0.1) is 11.8 Å². The summed E-state index contributed by atoms with van der Waals surface area (Å²) in [6.07, 6.45) is 5.86. The normalized spacial score (nSPS) is 11.7. The maximum Gasteiger partial charge on any atom is 0.0103 e. The SMILES string of the molecule is CC#CCCC(CCCc1ccccc1)NCC. The lowest BCUT2D eigenvalue weighted by Gasteiger charge is -2.16. The Balaban J connectivity index is 2.25. The lowest BCUT2D eigenvalue weighted by molar-refractivity contribution is 0.456. The Morgan fingerprint density at radius 1 is 1.17 bits per heavy atom. The molecule has 0 saturated carbocycles. The lowest BCUT2D eigenvalue weighted by atomic mass is 10.0. The first-order valence-corrected chi connectivity index (χ1v) is 7.03. The number of hydrogen-bond donors (Lipinski definition) is 1. The molecule has 1 atom stereocenters. The molecule has 1 heteroatoms. The molecule has 1 unspecified atom stereocenters.